The lowest BCUT2D eigenvalue weighted by molar-refractivity contribution is -0.0886. The van der Waals surface area contributed by atoms with Crippen molar-refractivity contribution in [2.75, 3.05) is 6.61 Å². The van der Waals surface area contributed by atoms with Crippen molar-refractivity contribution in [2.45, 2.75) is 64.5 Å². The summed E-state index contributed by atoms with van der Waals surface area (Å²) in [5.41, 5.74) is 8.62. The summed E-state index contributed by atoms with van der Waals surface area (Å²) in [6.45, 7) is 7.13. The largest absolute Gasteiger partial charge is 0.374 e. The van der Waals surface area contributed by atoms with Crippen LogP contribution in [-0.4, -0.2) is 28.0 Å². The highest BCUT2D eigenvalue weighted by Gasteiger charge is 2.40. The fraction of sp³-hybridized carbons (Fsp3) is 0.812. The van der Waals surface area contributed by atoms with Gasteiger partial charge in [0.25, 0.3) is 0 Å². The first-order valence-electron chi connectivity index (χ1n) is 7.97. The van der Waals surface area contributed by atoms with E-state index in [9.17, 15) is 0 Å². The quantitative estimate of drug-likeness (QED) is 0.878. The van der Waals surface area contributed by atoms with Gasteiger partial charge in [0.1, 0.15) is 0 Å². The fourth-order valence-corrected chi connectivity index (χ4v) is 3.95. The average molecular weight is 358 g/mol. The van der Waals surface area contributed by atoms with Gasteiger partial charge in [0.15, 0.2) is 0 Å². The monoisotopic (exact) mass is 357 g/mol. The molecule has 1 aliphatic rings. The molecule has 0 aromatic carbocycles. The van der Waals surface area contributed by atoms with Crippen LogP contribution in [0.3, 0.4) is 0 Å². The Morgan fingerprint density at radius 2 is 2.10 bits per heavy atom. The highest BCUT2D eigenvalue weighted by molar-refractivity contribution is 9.10. The molecule has 1 unspecified atom stereocenters. The highest BCUT2D eigenvalue weighted by atomic mass is 79.9. The first-order valence-corrected chi connectivity index (χ1v) is 8.76. The summed E-state index contributed by atoms with van der Waals surface area (Å²) < 4.78 is 9.18. The van der Waals surface area contributed by atoms with Gasteiger partial charge in [0, 0.05) is 26.1 Å². The predicted molar refractivity (Wildman–Crippen MR) is 89.3 cm³/mol. The van der Waals surface area contributed by atoms with Crippen LogP contribution < -0.4 is 5.73 Å². The molecular formula is C16H28BrN3O. The van der Waals surface area contributed by atoms with E-state index in [0.29, 0.717) is 0 Å². The summed E-state index contributed by atoms with van der Waals surface area (Å²) in [6.07, 6.45) is 5.35. The lowest BCUT2D eigenvalue weighted by Crippen LogP contribution is -2.53. The Hall–Kier alpha value is -0.390. The molecule has 2 rings (SSSR count). The molecule has 1 aliphatic carbocycles. The standard InChI is InChI=1S/C16H28BrN3O/c1-5-21-16(8-6-11(2)7-9-16)14(18)10-13-15(17)12(3)19-20(13)4/h11,14H,5-10,18H2,1-4H3. The number of halogens is 1. The normalized spacial score (nSPS) is 27.8. The van der Waals surface area contributed by atoms with Crippen LogP contribution >= 0.6 is 15.9 Å². The predicted octanol–water partition coefficient (Wildman–Crippen LogP) is 3.35. The van der Waals surface area contributed by atoms with Crippen LogP contribution in [0.15, 0.2) is 4.47 Å². The molecule has 0 radical (unpaired) electrons. The van der Waals surface area contributed by atoms with Crippen LogP contribution in [0.1, 0.15) is 50.9 Å². The maximum atomic E-state index is 6.61. The molecule has 4 nitrogen and oxygen atoms in total. The lowest BCUT2D eigenvalue weighted by Gasteiger charge is -2.43. The van der Waals surface area contributed by atoms with Gasteiger partial charge >= 0.3 is 0 Å². The molecule has 0 saturated heterocycles. The van der Waals surface area contributed by atoms with Gasteiger partial charge < -0.3 is 10.5 Å². The van der Waals surface area contributed by atoms with E-state index in [2.05, 4.69) is 34.9 Å². The minimum absolute atomic E-state index is 0.0102. The van der Waals surface area contributed by atoms with E-state index in [4.69, 9.17) is 10.5 Å². The van der Waals surface area contributed by atoms with Crippen molar-refractivity contribution in [3.8, 4) is 0 Å². The average Bonchev–Trinajstić information content (AvgIpc) is 2.68. The smallest absolute Gasteiger partial charge is 0.0836 e. The Labute approximate surface area is 136 Å². The van der Waals surface area contributed by atoms with E-state index in [0.717, 1.165) is 47.6 Å². The molecule has 1 aromatic heterocycles. The van der Waals surface area contributed by atoms with Crippen LogP contribution in [0.4, 0.5) is 0 Å². The summed E-state index contributed by atoms with van der Waals surface area (Å²) in [5.74, 6) is 0.788. The summed E-state index contributed by atoms with van der Waals surface area (Å²) in [5, 5.41) is 4.46. The van der Waals surface area contributed by atoms with Gasteiger partial charge in [-0.3, -0.25) is 4.68 Å². The van der Waals surface area contributed by atoms with E-state index < -0.39 is 0 Å². The zero-order chi connectivity index (χ0) is 15.6. The molecule has 0 spiro atoms. The molecule has 0 amide bonds. The SMILES string of the molecule is CCOC1(C(N)Cc2c(Br)c(C)nn2C)CCC(C)CC1. The molecular weight excluding hydrogens is 330 g/mol. The zero-order valence-electron chi connectivity index (χ0n) is 13.7. The van der Waals surface area contributed by atoms with Gasteiger partial charge in [0.05, 0.1) is 21.5 Å². The van der Waals surface area contributed by atoms with E-state index >= 15 is 0 Å². The molecule has 1 saturated carbocycles. The Bertz CT molecular complexity index is 478. The minimum Gasteiger partial charge on any atom is -0.374 e. The van der Waals surface area contributed by atoms with E-state index in [1.54, 1.807) is 0 Å². The molecule has 2 N–H and O–H groups in total. The number of rotatable bonds is 5. The summed E-state index contributed by atoms with van der Waals surface area (Å²) in [7, 11) is 1.98. The number of aromatic nitrogens is 2. The van der Waals surface area contributed by atoms with Gasteiger partial charge in [-0.1, -0.05) is 6.92 Å². The molecule has 1 heterocycles. The third kappa shape index (κ3) is 3.51. The highest BCUT2D eigenvalue weighted by Crippen LogP contribution is 2.38. The second-order valence-electron chi connectivity index (χ2n) is 6.46. The third-order valence-electron chi connectivity index (χ3n) is 4.90. The summed E-state index contributed by atoms with van der Waals surface area (Å²) in [4.78, 5) is 0. The fourth-order valence-electron chi connectivity index (χ4n) is 3.46. The Kier molecular flexibility index (Phi) is 5.49. The number of nitrogens with zero attached hydrogens (tertiary/aromatic N) is 2. The second kappa shape index (κ2) is 6.80. The van der Waals surface area contributed by atoms with Crippen molar-refractivity contribution in [1.82, 2.24) is 9.78 Å². The Morgan fingerprint density at radius 1 is 1.48 bits per heavy atom. The number of hydrogen-bond donors (Lipinski definition) is 1. The van der Waals surface area contributed by atoms with Crippen LogP contribution in [0.25, 0.3) is 0 Å². The second-order valence-corrected chi connectivity index (χ2v) is 7.25. The van der Waals surface area contributed by atoms with Crippen LogP contribution in [0.5, 0.6) is 0 Å². The maximum absolute atomic E-state index is 6.61. The maximum Gasteiger partial charge on any atom is 0.0836 e. The Balaban J connectivity index is 2.17. The van der Waals surface area contributed by atoms with Gasteiger partial charge in [-0.15, -0.1) is 0 Å². The lowest BCUT2D eigenvalue weighted by atomic mass is 9.74. The first-order chi connectivity index (χ1) is 9.89. The minimum atomic E-state index is -0.168. The molecule has 1 atom stereocenters. The van der Waals surface area contributed by atoms with Gasteiger partial charge in [0.2, 0.25) is 0 Å². The van der Waals surface area contributed by atoms with Gasteiger partial charge in [-0.2, -0.15) is 5.10 Å². The molecule has 1 aromatic rings. The van der Waals surface area contributed by atoms with Crippen molar-refractivity contribution in [3.05, 3.63) is 15.9 Å². The van der Waals surface area contributed by atoms with Gasteiger partial charge in [-0.05, 0) is 61.4 Å². The van der Waals surface area contributed by atoms with Crippen LogP contribution in [0.2, 0.25) is 0 Å². The zero-order valence-corrected chi connectivity index (χ0v) is 15.2. The van der Waals surface area contributed by atoms with Crippen molar-refractivity contribution >= 4 is 15.9 Å². The molecule has 0 bridgehead atoms. The Morgan fingerprint density at radius 3 is 2.57 bits per heavy atom. The topological polar surface area (TPSA) is 53.1 Å². The van der Waals surface area contributed by atoms with E-state index in [1.165, 1.54) is 12.8 Å². The van der Waals surface area contributed by atoms with Gasteiger partial charge in [-0.25, -0.2) is 0 Å². The number of aryl methyl sites for hydroxylation is 2. The molecule has 1 fully saturated rings. The number of ether oxygens (including phenoxy) is 1. The van der Waals surface area contributed by atoms with E-state index in [1.807, 2.05) is 18.7 Å². The summed E-state index contributed by atoms with van der Waals surface area (Å²) in [6, 6.07) is 0.0102. The molecule has 21 heavy (non-hydrogen) atoms. The molecule has 120 valence electrons. The van der Waals surface area contributed by atoms with Crippen LogP contribution in [-0.2, 0) is 18.2 Å². The van der Waals surface area contributed by atoms with Crippen molar-refractivity contribution in [1.29, 1.82) is 0 Å². The molecule has 5 heteroatoms. The first kappa shape index (κ1) is 17.0. The number of nitrogens with two attached hydrogens (primary N) is 1. The molecule has 0 aliphatic heterocycles. The number of hydrogen-bond acceptors (Lipinski definition) is 3. The third-order valence-corrected chi connectivity index (χ3v) is 5.93. The van der Waals surface area contributed by atoms with Crippen molar-refractivity contribution in [3.63, 3.8) is 0 Å². The van der Waals surface area contributed by atoms with E-state index in [-0.39, 0.29) is 11.6 Å². The summed E-state index contributed by atoms with van der Waals surface area (Å²) >= 11 is 3.64. The van der Waals surface area contributed by atoms with Crippen molar-refractivity contribution < 1.29 is 4.74 Å². The van der Waals surface area contributed by atoms with Crippen molar-refractivity contribution in [2.24, 2.45) is 18.7 Å². The van der Waals surface area contributed by atoms with Crippen LogP contribution in [0, 0.1) is 12.8 Å².